The zero-order valence-corrected chi connectivity index (χ0v) is 53.5. The predicted octanol–water partition coefficient (Wildman–Crippen LogP) is 2.42. The number of phosphoric acid groups is 2. The Morgan fingerprint density at radius 2 is 1.34 bits per heavy atom. The molecule has 2 aromatic carbocycles. The van der Waals surface area contributed by atoms with Crippen LogP contribution in [0.5, 0.6) is 5.75 Å². The lowest BCUT2D eigenvalue weighted by molar-refractivity contribution is -0.116. The fraction of sp³-hybridized carbons (Fsp3) is 0.467. The van der Waals surface area contributed by atoms with E-state index >= 15 is 0 Å². The third-order valence-corrected chi connectivity index (χ3v) is 16.7. The fourth-order valence-electron chi connectivity index (χ4n) is 10.0. The number of nitrogen functional groups attached to an aromatic ring is 1. The van der Waals surface area contributed by atoms with Gasteiger partial charge in [0.15, 0.2) is 5.43 Å². The molecule has 0 spiro atoms. The summed E-state index contributed by atoms with van der Waals surface area (Å²) in [6, 6.07) is 14.0. The number of amides is 2. The van der Waals surface area contributed by atoms with E-state index in [4.69, 9.17) is 61.4 Å². The molecule has 2 fully saturated rings. The second-order valence-corrected chi connectivity index (χ2v) is 24.4. The van der Waals surface area contributed by atoms with Gasteiger partial charge in [-0.3, -0.25) is 51.4 Å². The number of nitrogens with two attached hydrogens (primary N) is 1. The molecule has 0 bridgehead atoms. The molecular formula is C60H75N7O27P2. The number of phenolic OH excluding ortho intramolecular Hbond substituents is 1. The number of aliphatic hydroxyl groups excluding tert-OH is 2. The first kappa shape index (κ1) is 74.1. The summed E-state index contributed by atoms with van der Waals surface area (Å²) < 4.78 is 91.7. The highest BCUT2D eigenvalue weighted by Crippen LogP contribution is 2.49. The highest BCUT2D eigenvalue weighted by atomic mass is 31.2. The highest BCUT2D eigenvalue weighted by Gasteiger charge is 2.42. The molecule has 0 saturated carbocycles. The number of fused-ring (bicyclic) bond motifs is 2. The van der Waals surface area contributed by atoms with Crippen LogP contribution in [0.1, 0.15) is 77.3 Å². The van der Waals surface area contributed by atoms with E-state index in [1.54, 1.807) is 6.07 Å². The van der Waals surface area contributed by atoms with Gasteiger partial charge in [-0.05, 0) is 73.0 Å². The fourth-order valence-corrected chi connectivity index (χ4v) is 11.7. The Kier molecular flexibility index (Phi) is 27.8. The van der Waals surface area contributed by atoms with Crippen LogP contribution in [0.15, 0.2) is 103 Å². The first-order valence-corrected chi connectivity index (χ1v) is 33.4. The van der Waals surface area contributed by atoms with Gasteiger partial charge in [0.1, 0.15) is 53.7 Å². The number of carboxylic acids is 1. The van der Waals surface area contributed by atoms with Crippen LogP contribution in [0, 0.1) is 0 Å². The Bertz CT molecular complexity index is 3960. The number of ether oxygens (including phenoxy) is 7. The van der Waals surface area contributed by atoms with E-state index in [1.807, 2.05) is 0 Å². The van der Waals surface area contributed by atoms with Crippen LogP contribution >= 0.6 is 15.6 Å². The molecule has 0 radical (unpaired) electrons. The van der Waals surface area contributed by atoms with E-state index < -0.39 is 100 Å². The van der Waals surface area contributed by atoms with Gasteiger partial charge in [-0.25, -0.2) is 23.5 Å². The summed E-state index contributed by atoms with van der Waals surface area (Å²) in [5.74, 6) is -2.17. The third-order valence-electron chi connectivity index (χ3n) is 14.7. The first-order chi connectivity index (χ1) is 46.1. The minimum Gasteiger partial charge on any atom is -0.508 e. The molecule has 5 heterocycles. The topological polar surface area (TPSA) is 478 Å². The minimum atomic E-state index is -4.76. The molecule has 11 N–H and O–H groups in total. The predicted molar refractivity (Wildman–Crippen MR) is 337 cm³/mol. The lowest BCUT2D eigenvalue weighted by Gasteiger charge is -2.19. The van der Waals surface area contributed by atoms with Crippen LogP contribution in [0.3, 0.4) is 0 Å². The smallest absolute Gasteiger partial charge is 0.472 e. The number of carbonyl (C=O) groups excluding carboxylic acids is 2. The van der Waals surface area contributed by atoms with Crippen LogP contribution in [0.25, 0.3) is 39.5 Å². The number of rotatable bonds is 40. The van der Waals surface area contributed by atoms with Crippen molar-refractivity contribution in [3.8, 4) is 28.2 Å². The number of hydrogen-bond acceptors (Lipinski definition) is 26. The minimum absolute atomic E-state index is 0.0155. The maximum Gasteiger partial charge on any atom is 0.472 e. The summed E-state index contributed by atoms with van der Waals surface area (Å²) in [6.07, 6.45) is 0.476. The van der Waals surface area contributed by atoms with Gasteiger partial charge < -0.3 is 84.2 Å². The summed E-state index contributed by atoms with van der Waals surface area (Å²) >= 11 is 0. The maximum atomic E-state index is 13.4. The van der Waals surface area contributed by atoms with Crippen molar-refractivity contribution in [2.45, 2.75) is 75.4 Å². The van der Waals surface area contributed by atoms with Gasteiger partial charge in [0, 0.05) is 78.6 Å². The molecule has 96 heavy (non-hydrogen) atoms. The Morgan fingerprint density at radius 3 is 1.99 bits per heavy atom. The summed E-state index contributed by atoms with van der Waals surface area (Å²) in [5.41, 5.74) is 3.96. The molecule has 4 aliphatic rings. The summed E-state index contributed by atoms with van der Waals surface area (Å²) in [5, 5.41) is 46.6. The molecule has 2 amide bonds. The van der Waals surface area contributed by atoms with Crippen LogP contribution in [-0.2, 0) is 65.2 Å². The molecule has 3 aliphatic heterocycles. The normalized spacial score (nSPS) is 19.2. The van der Waals surface area contributed by atoms with Crippen molar-refractivity contribution in [2.24, 2.45) is 0 Å². The monoisotopic (exact) mass is 1390 g/mol. The number of phenols is 1. The van der Waals surface area contributed by atoms with E-state index in [9.17, 15) is 72.9 Å². The Morgan fingerprint density at radius 1 is 0.719 bits per heavy atom. The molecule has 8 rings (SSSR count). The second kappa shape index (κ2) is 36.0. The SMILES string of the molecule is Nc1ccn([C@H]2C[C@@H](O)[C@@H](COP(=O)(O)OCCOCCOCCOCCOCCOCCOP(=O)(O)O[C@@H]3C[C@H](n4cc(/C=C/C(=O)NCCCCCCNC(=O)c5ccc(C(=O)O)c(-c6c7ccc(=O)cc-7oc7cc(O)ccc67)c5)c(=O)[nH]c4=O)O[C@@H]3CO)O2)c(=O)n1. The molecule has 8 atom stereocenters. The van der Waals surface area contributed by atoms with Crippen molar-refractivity contribution in [3.63, 3.8) is 0 Å². The molecule has 522 valence electrons. The van der Waals surface area contributed by atoms with Crippen molar-refractivity contribution in [2.75, 3.05) is 111 Å². The molecule has 34 nitrogen and oxygen atoms in total. The summed E-state index contributed by atoms with van der Waals surface area (Å²) in [7, 11) is -9.28. The summed E-state index contributed by atoms with van der Waals surface area (Å²) in [4.78, 5) is 115. The molecule has 2 unspecified atom stereocenters. The molecule has 2 aromatic heterocycles. The standard InChI is InChI=1S/C60H75N7O27P2/c61-51-13-16-66(59(77)64-51)53-32-45(71)50(93-53)36-90-95(79,80)88-27-25-86-23-21-84-19-17-83-18-20-85-22-24-87-26-28-89-96(81,82)94-48-33-54(92-49(48)35-68)67-34-38(57(74)65-60(67)78)6-12-52(72)62-14-3-1-2-4-15-63-56(73)37-5-9-41(58(75)76)44(29-37)55-42-10-7-39(69)30-46(42)91-47-31-40(70)8-11-43(47)55/h5-13,16,29-31,34,45,48-50,53-54,68-69,71H,1-4,14-15,17-28,32-33,35-36H2,(H,62,72)(H,63,73)(H,75,76)(H,79,80)(H,81,82)(H2,61,64,77)(H,65,74,78)/b12-6+/t45-,48-,49-,50-,53-,54-/m1/s1. The molecule has 4 aromatic rings. The number of aromatic hydroxyl groups is 1. The van der Waals surface area contributed by atoms with E-state index in [0.29, 0.717) is 42.2 Å². The Balaban J connectivity index is 0.636. The lowest BCUT2D eigenvalue weighted by Crippen LogP contribution is -2.33. The average Bonchev–Trinajstić information content (AvgIpc) is 0.942. The van der Waals surface area contributed by atoms with Gasteiger partial charge in [-0.1, -0.05) is 12.8 Å². The lowest BCUT2D eigenvalue weighted by atomic mass is 9.89. The number of hydrogen-bond donors (Lipinski definition) is 10. The number of unbranched alkanes of at least 4 members (excludes halogenated alkanes) is 3. The van der Waals surface area contributed by atoms with Crippen LogP contribution < -0.4 is 38.7 Å². The van der Waals surface area contributed by atoms with E-state index in [1.165, 1.54) is 66.9 Å². The number of phosphoric ester groups is 2. The molecule has 1 aliphatic carbocycles. The van der Waals surface area contributed by atoms with Crippen molar-refractivity contribution in [3.05, 3.63) is 137 Å². The van der Waals surface area contributed by atoms with Crippen molar-refractivity contribution in [1.82, 2.24) is 29.7 Å². The van der Waals surface area contributed by atoms with E-state index in [-0.39, 0.29) is 156 Å². The largest absolute Gasteiger partial charge is 0.508 e. The van der Waals surface area contributed by atoms with Gasteiger partial charge in [-0.15, -0.1) is 0 Å². The van der Waals surface area contributed by atoms with Gasteiger partial charge in [0.05, 0.1) is 110 Å². The molecular weight excluding hydrogens is 1310 g/mol. The zero-order valence-electron chi connectivity index (χ0n) is 51.7. The number of aromatic carboxylic acids is 1. The summed E-state index contributed by atoms with van der Waals surface area (Å²) in [6.45, 7) is 0.166. The van der Waals surface area contributed by atoms with Crippen molar-refractivity contribution < 1.29 is 109 Å². The second-order valence-electron chi connectivity index (χ2n) is 21.6. The number of nitrogens with zero attached hydrogens (tertiary/aromatic N) is 3. The number of carboxylic acid groups (broad SMARTS) is 1. The first-order valence-electron chi connectivity index (χ1n) is 30.4. The van der Waals surface area contributed by atoms with Gasteiger partial charge in [0.25, 0.3) is 11.5 Å². The number of aromatic nitrogens is 4. The van der Waals surface area contributed by atoms with E-state index in [2.05, 4.69) is 20.6 Å². The van der Waals surface area contributed by atoms with Crippen LogP contribution in [-0.4, -0.2) is 197 Å². The van der Waals surface area contributed by atoms with Crippen LogP contribution in [0.4, 0.5) is 5.82 Å². The molecule has 36 heteroatoms. The molecule has 2 saturated heterocycles. The number of aliphatic hydroxyl groups is 2. The number of anilines is 1. The van der Waals surface area contributed by atoms with Gasteiger partial charge in [-0.2, -0.15) is 4.98 Å². The number of aromatic amines is 1. The Hall–Kier alpha value is -7.70. The Labute approximate surface area is 545 Å². The third kappa shape index (κ3) is 21.9. The van der Waals surface area contributed by atoms with Gasteiger partial charge >= 0.3 is 33.0 Å². The maximum absolute atomic E-state index is 13.4. The van der Waals surface area contributed by atoms with E-state index in [0.717, 1.165) is 21.4 Å². The van der Waals surface area contributed by atoms with Crippen molar-refractivity contribution >= 4 is 56.3 Å². The van der Waals surface area contributed by atoms with Crippen LogP contribution in [0.2, 0.25) is 0 Å². The number of H-pyrrole nitrogens is 1. The van der Waals surface area contributed by atoms with Crippen molar-refractivity contribution in [1.29, 1.82) is 0 Å². The quantitative estimate of drug-likeness (QED) is 0.0114. The number of carbonyl (C=O) groups is 3. The van der Waals surface area contributed by atoms with Gasteiger partial charge in [0.2, 0.25) is 5.91 Å². The number of benzene rings is 3. The average molecular weight is 1390 g/mol. The zero-order chi connectivity index (χ0) is 68.8. The highest BCUT2D eigenvalue weighted by molar-refractivity contribution is 7.47. The number of nitrogens with one attached hydrogen (secondary N) is 3.